The van der Waals surface area contributed by atoms with E-state index < -0.39 is 0 Å². The minimum absolute atomic E-state index is 0.315. The van der Waals surface area contributed by atoms with Gasteiger partial charge in [-0.2, -0.15) is 0 Å². The summed E-state index contributed by atoms with van der Waals surface area (Å²) in [6.07, 6.45) is 2.68. The van der Waals surface area contributed by atoms with Crippen molar-refractivity contribution in [2.45, 2.75) is 19.9 Å². The van der Waals surface area contributed by atoms with Crippen molar-refractivity contribution in [3.8, 4) is 0 Å². The summed E-state index contributed by atoms with van der Waals surface area (Å²) < 4.78 is 0. The Kier molecular flexibility index (Phi) is 8.03. The first-order valence-corrected chi connectivity index (χ1v) is 7.48. The smallest absolute Gasteiger partial charge is 0.162 e. The van der Waals surface area contributed by atoms with Gasteiger partial charge < -0.3 is 5.73 Å². The molecule has 0 aromatic carbocycles. The Balaban J connectivity index is 0.00000116. The maximum atomic E-state index is 11.0. The first-order valence-electron chi connectivity index (χ1n) is 7.10. The molecule has 0 unspecified atom stereocenters. The Morgan fingerprint density at radius 2 is 2.00 bits per heavy atom. The molecule has 8 nitrogen and oxygen atoms in total. The maximum Gasteiger partial charge on any atom is 0.162 e. The predicted octanol–water partition coefficient (Wildman–Crippen LogP) is 1.20. The van der Waals surface area contributed by atoms with Crippen molar-refractivity contribution in [2.75, 3.05) is 33.6 Å². The van der Waals surface area contributed by atoms with Gasteiger partial charge in [-0.1, -0.05) is 29.6 Å². The number of nitro groups is 1. The van der Waals surface area contributed by atoms with Gasteiger partial charge in [-0.25, -0.2) is 15.1 Å². The zero-order valence-electron chi connectivity index (χ0n) is 13.0. The Bertz CT molecular complexity index is 458. The molecule has 0 radical (unpaired) electrons. The van der Waals surface area contributed by atoms with Crippen molar-refractivity contribution < 1.29 is 5.03 Å². The number of halogens is 1. The zero-order chi connectivity index (χ0) is 16.5. The van der Waals surface area contributed by atoms with Crippen LogP contribution in [0.25, 0.3) is 0 Å². The SMILES string of the molecule is CCCN1CN(Cc2ccc(Cl)nc2)CN([N+](=O)[O-])C1.CN. The molecule has 0 spiro atoms. The van der Waals surface area contributed by atoms with Gasteiger partial charge in [-0.05, 0) is 25.1 Å². The summed E-state index contributed by atoms with van der Waals surface area (Å²) >= 11 is 5.75. The van der Waals surface area contributed by atoms with Crippen LogP contribution in [0.2, 0.25) is 5.15 Å². The highest BCUT2D eigenvalue weighted by Crippen LogP contribution is 2.13. The number of hydrogen-bond donors (Lipinski definition) is 1. The Hall–Kier alpha value is -1.48. The molecule has 1 aliphatic heterocycles. The maximum absolute atomic E-state index is 11.0. The van der Waals surface area contributed by atoms with Crippen molar-refractivity contribution in [1.82, 2.24) is 19.8 Å². The molecule has 22 heavy (non-hydrogen) atoms. The van der Waals surface area contributed by atoms with Crippen molar-refractivity contribution >= 4 is 11.6 Å². The summed E-state index contributed by atoms with van der Waals surface area (Å²) in [5.41, 5.74) is 5.50. The van der Waals surface area contributed by atoms with E-state index in [0.717, 1.165) is 25.2 Å². The predicted molar refractivity (Wildman–Crippen MR) is 85.3 cm³/mol. The highest BCUT2D eigenvalue weighted by atomic mass is 35.5. The number of aromatic nitrogens is 1. The summed E-state index contributed by atoms with van der Waals surface area (Å²) in [6.45, 7) is 4.94. The molecule has 1 fully saturated rings. The minimum atomic E-state index is -0.338. The van der Waals surface area contributed by atoms with E-state index in [4.69, 9.17) is 11.6 Å². The molecule has 0 saturated carbocycles. The second kappa shape index (κ2) is 9.52. The molecule has 1 aliphatic rings. The summed E-state index contributed by atoms with van der Waals surface area (Å²) in [4.78, 5) is 19.1. The molecular weight excluding hydrogens is 308 g/mol. The molecule has 2 N–H and O–H groups in total. The van der Waals surface area contributed by atoms with Crippen molar-refractivity contribution in [2.24, 2.45) is 5.73 Å². The first-order chi connectivity index (χ1) is 10.6. The molecular formula is C13H23ClN6O2. The number of hydrazine groups is 1. The van der Waals surface area contributed by atoms with E-state index in [1.54, 1.807) is 12.3 Å². The summed E-state index contributed by atoms with van der Waals surface area (Å²) in [5, 5.41) is 12.3. The average Bonchev–Trinajstić information content (AvgIpc) is 2.52. The molecule has 1 aromatic rings. The molecule has 0 atom stereocenters. The molecule has 0 amide bonds. The van der Waals surface area contributed by atoms with Gasteiger partial charge >= 0.3 is 0 Å². The van der Waals surface area contributed by atoms with E-state index in [-0.39, 0.29) is 5.03 Å². The van der Waals surface area contributed by atoms with E-state index in [9.17, 15) is 10.1 Å². The summed E-state index contributed by atoms with van der Waals surface area (Å²) in [5.74, 6) is 0. The fourth-order valence-electron chi connectivity index (χ4n) is 2.30. The molecule has 1 saturated heterocycles. The third-order valence-corrected chi connectivity index (χ3v) is 3.32. The van der Waals surface area contributed by atoms with Gasteiger partial charge in [0.15, 0.2) is 5.03 Å². The molecule has 1 aromatic heterocycles. The van der Waals surface area contributed by atoms with Crippen LogP contribution in [0.3, 0.4) is 0 Å². The lowest BCUT2D eigenvalue weighted by molar-refractivity contribution is -0.668. The highest BCUT2D eigenvalue weighted by molar-refractivity contribution is 6.29. The van der Waals surface area contributed by atoms with Gasteiger partial charge in [0.1, 0.15) is 18.5 Å². The Morgan fingerprint density at radius 1 is 1.32 bits per heavy atom. The van der Waals surface area contributed by atoms with Crippen LogP contribution in [0.4, 0.5) is 0 Å². The molecule has 9 heteroatoms. The molecule has 0 aliphatic carbocycles. The number of nitrogens with two attached hydrogens (primary N) is 1. The van der Waals surface area contributed by atoms with Crippen LogP contribution in [0.15, 0.2) is 18.3 Å². The summed E-state index contributed by atoms with van der Waals surface area (Å²) in [6, 6.07) is 3.63. The van der Waals surface area contributed by atoms with Crippen LogP contribution in [0.5, 0.6) is 0 Å². The molecule has 2 rings (SSSR count). The monoisotopic (exact) mass is 330 g/mol. The normalized spacial score (nSPS) is 16.1. The van der Waals surface area contributed by atoms with E-state index in [2.05, 4.69) is 22.5 Å². The van der Waals surface area contributed by atoms with Crippen molar-refractivity contribution in [3.05, 3.63) is 39.2 Å². The van der Waals surface area contributed by atoms with Gasteiger partial charge in [0.25, 0.3) is 0 Å². The lowest BCUT2D eigenvalue weighted by Crippen LogP contribution is -2.56. The lowest BCUT2D eigenvalue weighted by Gasteiger charge is -2.37. The van der Waals surface area contributed by atoms with E-state index in [1.807, 2.05) is 11.0 Å². The Labute approximate surface area is 135 Å². The first kappa shape index (κ1) is 18.6. The number of hydrogen-bond acceptors (Lipinski definition) is 6. The van der Waals surface area contributed by atoms with Crippen LogP contribution >= 0.6 is 11.6 Å². The second-order valence-electron chi connectivity index (χ2n) is 4.88. The minimum Gasteiger partial charge on any atom is -0.333 e. The van der Waals surface area contributed by atoms with Gasteiger partial charge in [0.05, 0.1) is 6.67 Å². The number of pyridine rings is 1. The summed E-state index contributed by atoms with van der Waals surface area (Å²) in [7, 11) is 1.50. The van der Waals surface area contributed by atoms with Crippen molar-refractivity contribution in [3.63, 3.8) is 0 Å². The Morgan fingerprint density at radius 3 is 2.55 bits per heavy atom. The standard InChI is InChI=1S/C12H18ClN5O2.CH5N/c1-2-5-15-8-16(10-17(9-15)18(19)20)7-11-3-4-12(13)14-6-11;1-2/h3-4,6H,2,5,7-10H2,1H3;2H2,1H3. The molecule has 2 heterocycles. The van der Waals surface area contributed by atoms with Gasteiger partial charge in [0, 0.05) is 19.3 Å². The van der Waals surface area contributed by atoms with Crippen molar-refractivity contribution in [1.29, 1.82) is 0 Å². The van der Waals surface area contributed by atoms with E-state index in [1.165, 1.54) is 12.1 Å². The zero-order valence-corrected chi connectivity index (χ0v) is 13.7. The van der Waals surface area contributed by atoms with Crippen LogP contribution in [0, 0.1) is 10.1 Å². The van der Waals surface area contributed by atoms with Gasteiger partial charge in [0.2, 0.25) is 0 Å². The quantitative estimate of drug-likeness (QED) is 0.492. The topological polar surface area (TPSA) is 91.8 Å². The van der Waals surface area contributed by atoms with E-state index in [0.29, 0.717) is 25.0 Å². The lowest BCUT2D eigenvalue weighted by atomic mass is 10.2. The van der Waals surface area contributed by atoms with Gasteiger partial charge in [-0.3, -0.25) is 9.80 Å². The fraction of sp³-hybridized carbons (Fsp3) is 0.615. The largest absolute Gasteiger partial charge is 0.333 e. The van der Waals surface area contributed by atoms with Gasteiger partial charge in [-0.15, -0.1) is 0 Å². The third-order valence-electron chi connectivity index (χ3n) is 3.09. The van der Waals surface area contributed by atoms with Crippen LogP contribution in [-0.2, 0) is 6.54 Å². The number of rotatable bonds is 5. The second-order valence-corrected chi connectivity index (χ2v) is 5.27. The van der Waals surface area contributed by atoms with Crippen LogP contribution < -0.4 is 5.73 Å². The molecule has 0 bridgehead atoms. The van der Waals surface area contributed by atoms with E-state index >= 15 is 0 Å². The fourth-order valence-corrected chi connectivity index (χ4v) is 2.41. The van der Waals surface area contributed by atoms with Crippen LogP contribution in [0.1, 0.15) is 18.9 Å². The molecule has 124 valence electrons. The average molecular weight is 331 g/mol. The van der Waals surface area contributed by atoms with Crippen LogP contribution in [-0.4, -0.2) is 58.4 Å². The number of nitrogens with zero attached hydrogens (tertiary/aromatic N) is 5. The third kappa shape index (κ3) is 5.72. The highest BCUT2D eigenvalue weighted by Gasteiger charge is 2.28.